The van der Waals surface area contributed by atoms with Gasteiger partial charge in [-0.3, -0.25) is 10.00 Å². The van der Waals surface area contributed by atoms with Crippen molar-refractivity contribution in [3.63, 3.8) is 0 Å². The molecule has 0 saturated carbocycles. The fraction of sp³-hybridized carbons (Fsp3) is 0.852. The first-order valence-electron chi connectivity index (χ1n) is 13.4. The quantitative estimate of drug-likeness (QED) is 0.223. The van der Waals surface area contributed by atoms with Gasteiger partial charge in [-0.15, -0.1) is 0 Å². The maximum atomic E-state index is 12.1. The molecular weight excluding hydrogens is 396 g/mol. The van der Waals surface area contributed by atoms with E-state index in [0.29, 0.717) is 0 Å². The third kappa shape index (κ3) is 13.8. The number of unbranched alkanes of at least 4 members (excludes halogenated alkanes) is 15. The average molecular weight is 449 g/mol. The SMILES string of the molecule is CCCCCCCCCCCCCCCCCCNC(=O)Nc1cc(C(C)(C)C)nn1C. The lowest BCUT2D eigenvalue weighted by Crippen LogP contribution is -2.30. The van der Waals surface area contributed by atoms with Crippen LogP contribution in [-0.4, -0.2) is 22.4 Å². The second-order valence-corrected chi connectivity index (χ2v) is 10.5. The summed E-state index contributed by atoms with van der Waals surface area (Å²) in [7, 11) is 1.86. The normalized spacial score (nSPS) is 11.7. The Morgan fingerprint density at radius 3 is 1.66 bits per heavy atom. The van der Waals surface area contributed by atoms with Crippen LogP contribution in [0.2, 0.25) is 0 Å². The molecule has 5 nitrogen and oxygen atoms in total. The van der Waals surface area contributed by atoms with Crippen molar-refractivity contribution in [1.82, 2.24) is 15.1 Å². The van der Waals surface area contributed by atoms with Gasteiger partial charge >= 0.3 is 6.03 Å². The Morgan fingerprint density at radius 1 is 0.812 bits per heavy atom. The van der Waals surface area contributed by atoms with Crippen molar-refractivity contribution in [3.05, 3.63) is 11.8 Å². The third-order valence-electron chi connectivity index (χ3n) is 6.21. The van der Waals surface area contributed by atoms with Crippen LogP contribution in [0.15, 0.2) is 6.07 Å². The molecule has 0 aliphatic carbocycles. The predicted octanol–water partition coefficient (Wildman–Crippen LogP) is 8.10. The second-order valence-electron chi connectivity index (χ2n) is 10.5. The van der Waals surface area contributed by atoms with Crippen molar-refractivity contribution in [2.24, 2.45) is 7.05 Å². The highest BCUT2D eigenvalue weighted by molar-refractivity contribution is 5.88. The van der Waals surface area contributed by atoms with Gasteiger partial charge in [-0.2, -0.15) is 5.10 Å². The molecule has 186 valence electrons. The minimum atomic E-state index is -0.144. The van der Waals surface area contributed by atoms with E-state index in [1.165, 1.54) is 96.3 Å². The number of anilines is 1. The van der Waals surface area contributed by atoms with Gasteiger partial charge in [0.05, 0.1) is 5.69 Å². The molecule has 0 spiro atoms. The van der Waals surface area contributed by atoms with Crippen LogP contribution in [0.25, 0.3) is 0 Å². The topological polar surface area (TPSA) is 59.0 Å². The van der Waals surface area contributed by atoms with Crippen LogP contribution in [0.4, 0.5) is 10.6 Å². The summed E-state index contributed by atoms with van der Waals surface area (Å²) < 4.78 is 1.73. The van der Waals surface area contributed by atoms with Crippen molar-refractivity contribution in [2.45, 2.75) is 136 Å². The van der Waals surface area contributed by atoms with E-state index in [1.54, 1.807) is 4.68 Å². The molecule has 5 heteroatoms. The highest BCUT2D eigenvalue weighted by atomic mass is 16.2. The Kier molecular flexibility index (Phi) is 15.2. The van der Waals surface area contributed by atoms with Crippen LogP contribution >= 0.6 is 0 Å². The Bertz CT molecular complexity index is 603. The first kappa shape index (κ1) is 28.5. The lowest BCUT2D eigenvalue weighted by Gasteiger charge is -2.13. The van der Waals surface area contributed by atoms with Gasteiger partial charge in [-0.1, -0.05) is 124 Å². The first-order valence-corrected chi connectivity index (χ1v) is 13.4. The second kappa shape index (κ2) is 17.0. The smallest absolute Gasteiger partial charge is 0.320 e. The number of amides is 2. The highest BCUT2D eigenvalue weighted by Crippen LogP contribution is 2.23. The van der Waals surface area contributed by atoms with Gasteiger partial charge in [-0.25, -0.2) is 4.79 Å². The number of carbonyl (C=O) groups excluding carboxylic acids is 1. The Labute approximate surface area is 198 Å². The van der Waals surface area contributed by atoms with Crippen molar-refractivity contribution in [3.8, 4) is 0 Å². The summed E-state index contributed by atoms with van der Waals surface area (Å²) in [6.45, 7) is 9.38. The largest absolute Gasteiger partial charge is 0.338 e. The van der Waals surface area contributed by atoms with Crippen LogP contribution < -0.4 is 10.6 Å². The zero-order chi connectivity index (χ0) is 23.7. The molecule has 0 atom stereocenters. The molecule has 0 radical (unpaired) electrons. The van der Waals surface area contributed by atoms with Crippen molar-refractivity contribution >= 4 is 11.8 Å². The van der Waals surface area contributed by atoms with Crippen LogP contribution in [0.1, 0.15) is 136 Å². The lowest BCUT2D eigenvalue weighted by atomic mass is 9.92. The number of aromatic nitrogens is 2. The summed E-state index contributed by atoms with van der Waals surface area (Å²) in [6, 6.07) is 1.81. The summed E-state index contributed by atoms with van der Waals surface area (Å²) in [5.41, 5.74) is 0.954. The Balaban J connectivity index is 1.90. The maximum Gasteiger partial charge on any atom is 0.320 e. The molecule has 0 aromatic carbocycles. The number of urea groups is 1. The molecule has 0 unspecified atom stereocenters. The molecule has 0 bridgehead atoms. The summed E-state index contributed by atoms with van der Waals surface area (Å²) in [6.07, 6.45) is 21.8. The van der Waals surface area contributed by atoms with E-state index in [2.05, 4.69) is 43.4 Å². The standard InChI is InChI=1S/C27H52N4O/c1-6-7-8-9-10-11-12-13-14-15-16-17-18-19-20-21-22-28-26(32)29-25-23-24(27(2,3)4)30-31(25)5/h23H,6-22H2,1-5H3,(H2,28,29,32). The number of carbonyl (C=O) groups is 1. The summed E-state index contributed by atoms with van der Waals surface area (Å²) >= 11 is 0. The van der Waals surface area contributed by atoms with Gasteiger partial charge in [-0.05, 0) is 6.42 Å². The predicted molar refractivity (Wildman–Crippen MR) is 138 cm³/mol. The molecule has 1 rings (SSSR count). The van der Waals surface area contributed by atoms with Crippen LogP contribution in [0, 0.1) is 0 Å². The monoisotopic (exact) mass is 448 g/mol. The minimum absolute atomic E-state index is 0.0261. The number of rotatable bonds is 18. The van der Waals surface area contributed by atoms with Gasteiger partial charge in [0.15, 0.2) is 0 Å². The fourth-order valence-electron chi connectivity index (χ4n) is 3.99. The number of nitrogens with zero attached hydrogens (tertiary/aromatic N) is 2. The summed E-state index contributed by atoms with van der Waals surface area (Å²) in [5, 5.41) is 10.4. The highest BCUT2D eigenvalue weighted by Gasteiger charge is 2.19. The van der Waals surface area contributed by atoms with Gasteiger partial charge < -0.3 is 5.32 Å². The number of aryl methyl sites for hydroxylation is 1. The van der Waals surface area contributed by atoms with E-state index in [1.807, 2.05) is 13.1 Å². The van der Waals surface area contributed by atoms with Crippen molar-refractivity contribution in [1.29, 1.82) is 0 Å². The molecule has 32 heavy (non-hydrogen) atoms. The first-order chi connectivity index (χ1) is 15.3. The van der Waals surface area contributed by atoms with Gasteiger partial charge in [0.25, 0.3) is 0 Å². The Morgan fingerprint density at radius 2 is 1.25 bits per heavy atom. The molecule has 0 saturated heterocycles. The number of hydrogen-bond donors (Lipinski definition) is 2. The molecule has 1 aromatic heterocycles. The molecule has 2 N–H and O–H groups in total. The van der Waals surface area contributed by atoms with E-state index in [4.69, 9.17) is 0 Å². The molecule has 2 amide bonds. The molecular formula is C27H52N4O. The van der Waals surface area contributed by atoms with Crippen LogP contribution in [-0.2, 0) is 12.5 Å². The maximum absolute atomic E-state index is 12.1. The van der Waals surface area contributed by atoms with E-state index < -0.39 is 0 Å². The van der Waals surface area contributed by atoms with Crippen LogP contribution in [0.5, 0.6) is 0 Å². The third-order valence-corrected chi connectivity index (χ3v) is 6.21. The molecule has 0 fully saturated rings. The number of nitrogens with one attached hydrogen (secondary N) is 2. The zero-order valence-electron chi connectivity index (χ0n) is 21.9. The fourth-order valence-corrected chi connectivity index (χ4v) is 3.99. The zero-order valence-corrected chi connectivity index (χ0v) is 21.9. The molecule has 1 heterocycles. The molecule has 1 aromatic rings. The van der Waals surface area contributed by atoms with Gasteiger partial charge in [0, 0.05) is 25.1 Å². The molecule has 0 aliphatic rings. The van der Waals surface area contributed by atoms with Crippen LogP contribution in [0.3, 0.4) is 0 Å². The lowest BCUT2D eigenvalue weighted by molar-refractivity contribution is 0.251. The van der Waals surface area contributed by atoms with Gasteiger partial charge in [0.2, 0.25) is 0 Å². The van der Waals surface area contributed by atoms with Crippen molar-refractivity contribution in [2.75, 3.05) is 11.9 Å². The average Bonchev–Trinajstić information content (AvgIpc) is 3.11. The summed E-state index contributed by atoms with van der Waals surface area (Å²) in [5.74, 6) is 0.736. The number of hydrogen-bond acceptors (Lipinski definition) is 2. The van der Waals surface area contributed by atoms with E-state index in [-0.39, 0.29) is 11.4 Å². The molecule has 0 aliphatic heterocycles. The Hall–Kier alpha value is -1.52. The van der Waals surface area contributed by atoms with E-state index in [9.17, 15) is 4.79 Å². The van der Waals surface area contributed by atoms with E-state index >= 15 is 0 Å². The minimum Gasteiger partial charge on any atom is -0.338 e. The van der Waals surface area contributed by atoms with Crippen molar-refractivity contribution < 1.29 is 4.79 Å². The van der Waals surface area contributed by atoms with E-state index in [0.717, 1.165) is 24.5 Å². The summed E-state index contributed by atoms with van der Waals surface area (Å²) in [4.78, 5) is 12.1. The van der Waals surface area contributed by atoms with Gasteiger partial charge in [0.1, 0.15) is 5.82 Å².